The molecule has 134 valence electrons. The zero-order valence-electron chi connectivity index (χ0n) is 14.9. The van der Waals surface area contributed by atoms with Crippen LogP contribution in [0.15, 0.2) is 30.3 Å². The summed E-state index contributed by atoms with van der Waals surface area (Å²) < 4.78 is 2.03. The number of aromatic nitrogens is 3. The summed E-state index contributed by atoms with van der Waals surface area (Å²) in [5, 5.41) is 3.43. The molecule has 2 aromatic heterocycles. The first kappa shape index (κ1) is 17.0. The fourth-order valence-electron chi connectivity index (χ4n) is 3.36. The molecule has 0 bridgehead atoms. The van der Waals surface area contributed by atoms with Crippen molar-refractivity contribution in [3.63, 3.8) is 0 Å². The van der Waals surface area contributed by atoms with E-state index in [-0.39, 0.29) is 5.91 Å². The lowest BCUT2D eigenvalue weighted by molar-refractivity contribution is -0.115. The van der Waals surface area contributed by atoms with Crippen LogP contribution in [-0.2, 0) is 11.2 Å². The largest absolute Gasteiger partial charge is 0.296 e. The number of carbonyl (C=O) groups is 1. The van der Waals surface area contributed by atoms with Crippen LogP contribution in [0.3, 0.4) is 0 Å². The molecule has 0 radical (unpaired) electrons. The van der Waals surface area contributed by atoms with Crippen molar-refractivity contribution in [1.82, 2.24) is 14.5 Å². The van der Waals surface area contributed by atoms with Gasteiger partial charge in [-0.15, -0.1) is 0 Å². The van der Waals surface area contributed by atoms with Crippen molar-refractivity contribution in [2.24, 2.45) is 0 Å². The number of anilines is 1. The van der Waals surface area contributed by atoms with Crippen molar-refractivity contribution in [2.45, 2.75) is 45.6 Å². The Kier molecular flexibility index (Phi) is 4.41. The molecule has 26 heavy (non-hydrogen) atoms. The lowest BCUT2D eigenvalue weighted by Crippen LogP contribution is -2.23. The first-order valence-corrected chi connectivity index (χ1v) is 9.29. The highest BCUT2D eigenvalue weighted by atomic mass is 35.5. The molecule has 1 saturated carbocycles. The maximum Gasteiger partial charge on any atom is 0.231 e. The molecule has 1 N–H and O–H groups in total. The van der Waals surface area contributed by atoms with Crippen LogP contribution >= 0.6 is 11.6 Å². The minimum Gasteiger partial charge on any atom is -0.296 e. The van der Waals surface area contributed by atoms with Crippen molar-refractivity contribution >= 4 is 34.6 Å². The molecule has 5 nitrogen and oxygen atoms in total. The van der Waals surface area contributed by atoms with Gasteiger partial charge < -0.3 is 0 Å². The molecule has 1 fully saturated rings. The minimum absolute atomic E-state index is 0.0688. The zero-order chi connectivity index (χ0) is 18.3. The van der Waals surface area contributed by atoms with Crippen LogP contribution in [0.5, 0.6) is 0 Å². The summed E-state index contributed by atoms with van der Waals surface area (Å²) in [4.78, 5) is 21.7. The van der Waals surface area contributed by atoms with Crippen LogP contribution < -0.4 is 5.32 Å². The highest BCUT2D eigenvalue weighted by Gasteiger charge is 2.26. The van der Waals surface area contributed by atoms with Crippen molar-refractivity contribution < 1.29 is 4.79 Å². The Morgan fingerprint density at radius 2 is 2.04 bits per heavy atom. The molecule has 3 aromatic rings. The van der Waals surface area contributed by atoms with Gasteiger partial charge in [0.2, 0.25) is 11.9 Å². The SMILES string of the molecule is Cc1ccc(C)c(CC(=O)Nc2nc3ccc(Cl)nc3n2C2CCC2)c1. The molecule has 1 aliphatic carbocycles. The van der Waals surface area contributed by atoms with Gasteiger partial charge in [0.25, 0.3) is 0 Å². The number of aryl methyl sites for hydroxylation is 2. The van der Waals surface area contributed by atoms with Gasteiger partial charge in [-0.3, -0.25) is 14.7 Å². The van der Waals surface area contributed by atoms with Gasteiger partial charge in [-0.25, -0.2) is 9.97 Å². The summed E-state index contributed by atoms with van der Waals surface area (Å²) in [5.41, 5.74) is 4.80. The number of imidazole rings is 1. The highest BCUT2D eigenvalue weighted by Crippen LogP contribution is 2.37. The van der Waals surface area contributed by atoms with Crippen LogP contribution in [0.4, 0.5) is 5.95 Å². The third-order valence-corrected chi connectivity index (χ3v) is 5.26. The van der Waals surface area contributed by atoms with Crippen molar-refractivity contribution in [1.29, 1.82) is 0 Å². The molecule has 0 aliphatic heterocycles. The molecule has 0 saturated heterocycles. The molecule has 0 atom stereocenters. The van der Waals surface area contributed by atoms with E-state index in [4.69, 9.17) is 11.6 Å². The summed E-state index contributed by atoms with van der Waals surface area (Å²) in [5.74, 6) is 0.496. The average Bonchev–Trinajstić information content (AvgIpc) is 2.87. The molecule has 0 unspecified atom stereocenters. The van der Waals surface area contributed by atoms with Crippen molar-refractivity contribution in [3.8, 4) is 0 Å². The number of nitrogens with zero attached hydrogens (tertiary/aromatic N) is 3. The molecule has 1 aromatic carbocycles. The van der Waals surface area contributed by atoms with E-state index in [2.05, 4.69) is 27.4 Å². The molecule has 1 aliphatic rings. The number of benzene rings is 1. The fourth-order valence-corrected chi connectivity index (χ4v) is 3.51. The number of carbonyl (C=O) groups excluding carboxylic acids is 1. The monoisotopic (exact) mass is 368 g/mol. The van der Waals surface area contributed by atoms with Gasteiger partial charge in [0, 0.05) is 6.04 Å². The van der Waals surface area contributed by atoms with Gasteiger partial charge in [-0.05, 0) is 56.4 Å². The lowest BCUT2D eigenvalue weighted by atomic mass is 9.93. The Morgan fingerprint density at radius 1 is 1.23 bits per heavy atom. The minimum atomic E-state index is -0.0688. The third-order valence-electron chi connectivity index (χ3n) is 5.05. The Balaban J connectivity index is 1.64. The highest BCUT2D eigenvalue weighted by molar-refractivity contribution is 6.29. The van der Waals surface area contributed by atoms with Gasteiger partial charge in [0.05, 0.1) is 6.42 Å². The normalized spacial score (nSPS) is 14.4. The van der Waals surface area contributed by atoms with Crippen LogP contribution in [0.1, 0.15) is 42.0 Å². The smallest absolute Gasteiger partial charge is 0.231 e. The molecule has 1 amide bonds. The van der Waals surface area contributed by atoms with E-state index in [9.17, 15) is 4.79 Å². The topological polar surface area (TPSA) is 59.8 Å². The summed E-state index contributed by atoms with van der Waals surface area (Å²) in [6, 6.07) is 10.1. The van der Waals surface area contributed by atoms with Gasteiger partial charge in [0.15, 0.2) is 5.65 Å². The van der Waals surface area contributed by atoms with Crippen molar-refractivity contribution in [3.05, 3.63) is 52.2 Å². The third kappa shape index (κ3) is 3.19. The number of rotatable bonds is 4. The quantitative estimate of drug-likeness (QED) is 0.684. The predicted octanol–water partition coefficient (Wildman–Crippen LogP) is 4.61. The fraction of sp³-hybridized carbons (Fsp3) is 0.350. The summed E-state index contributed by atoms with van der Waals surface area (Å²) in [6.07, 6.45) is 3.65. The second-order valence-corrected chi connectivity index (χ2v) is 7.41. The maximum atomic E-state index is 12.7. The first-order valence-electron chi connectivity index (χ1n) is 8.92. The number of pyridine rings is 1. The van der Waals surface area contributed by atoms with E-state index in [1.165, 1.54) is 6.42 Å². The summed E-state index contributed by atoms with van der Waals surface area (Å²) in [7, 11) is 0. The molecule has 0 spiro atoms. The maximum absolute atomic E-state index is 12.7. The molecular formula is C20H21ClN4O. The van der Waals surface area contributed by atoms with Crippen LogP contribution in [0.25, 0.3) is 11.2 Å². The number of halogens is 1. The predicted molar refractivity (Wildman–Crippen MR) is 104 cm³/mol. The Bertz CT molecular complexity index is 991. The van der Waals surface area contributed by atoms with E-state index >= 15 is 0 Å². The lowest BCUT2D eigenvalue weighted by Gasteiger charge is -2.28. The van der Waals surface area contributed by atoms with Crippen molar-refractivity contribution in [2.75, 3.05) is 5.32 Å². The van der Waals surface area contributed by atoms with Gasteiger partial charge in [-0.1, -0.05) is 35.4 Å². The summed E-state index contributed by atoms with van der Waals surface area (Å²) in [6.45, 7) is 4.06. The van der Waals surface area contributed by atoms with E-state index in [0.717, 1.165) is 40.7 Å². The molecule has 6 heteroatoms. The Labute approximate surface area is 157 Å². The van der Waals surface area contributed by atoms with Gasteiger partial charge >= 0.3 is 0 Å². The van der Waals surface area contributed by atoms with E-state index < -0.39 is 0 Å². The average molecular weight is 369 g/mol. The second kappa shape index (κ2) is 6.72. The van der Waals surface area contributed by atoms with E-state index in [1.54, 1.807) is 6.07 Å². The first-order chi connectivity index (χ1) is 12.5. The number of hydrogen-bond donors (Lipinski definition) is 1. The zero-order valence-corrected chi connectivity index (χ0v) is 15.7. The number of amides is 1. The van der Waals surface area contributed by atoms with E-state index in [0.29, 0.717) is 23.6 Å². The Morgan fingerprint density at radius 3 is 2.77 bits per heavy atom. The number of nitrogens with one attached hydrogen (secondary N) is 1. The number of fused-ring (bicyclic) bond motifs is 1. The standard InChI is InChI=1S/C20H21ClN4O/c1-12-6-7-13(2)14(10-12)11-18(26)24-20-22-16-8-9-17(21)23-19(16)25(20)15-4-3-5-15/h6-10,15H,3-5,11H2,1-2H3,(H,22,24,26). The number of hydrogen-bond acceptors (Lipinski definition) is 3. The van der Waals surface area contributed by atoms with E-state index in [1.807, 2.05) is 30.5 Å². The molecule has 4 rings (SSSR count). The van der Waals surface area contributed by atoms with Crippen LogP contribution in [0, 0.1) is 13.8 Å². The Hall–Kier alpha value is -2.40. The summed E-state index contributed by atoms with van der Waals surface area (Å²) >= 11 is 6.07. The molecular weight excluding hydrogens is 348 g/mol. The molecule has 2 heterocycles. The van der Waals surface area contributed by atoms with Crippen LogP contribution in [0.2, 0.25) is 5.15 Å². The van der Waals surface area contributed by atoms with Gasteiger partial charge in [-0.2, -0.15) is 0 Å². The second-order valence-electron chi connectivity index (χ2n) is 7.02. The van der Waals surface area contributed by atoms with Crippen LogP contribution in [-0.4, -0.2) is 20.4 Å². The van der Waals surface area contributed by atoms with Gasteiger partial charge in [0.1, 0.15) is 10.7 Å².